The van der Waals surface area contributed by atoms with Crippen molar-refractivity contribution >= 4 is 0 Å². The minimum Gasteiger partial charge on any atom is -0.389 e. The molecule has 8 heavy (non-hydrogen) atoms. The lowest BCUT2D eigenvalue weighted by Crippen LogP contribution is -2.02. The highest BCUT2D eigenvalue weighted by Gasteiger charge is 2.16. The molecular weight excluding hydrogens is 100 g/mol. The second-order valence-corrected chi connectivity index (χ2v) is 2.64. The van der Waals surface area contributed by atoms with Gasteiger partial charge in [0.05, 0.1) is 6.10 Å². The average molecular weight is 112 g/mol. The molecule has 1 rings (SSSR count). The van der Waals surface area contributed by atoms with Crippen LogP contribution in [0, 0.1) is 5.92 Å². The number of hydrogen-bond acceptors (Lipinski definition) is 1. The van der Waals surface area contributed by atoms with E-state index in [1.54, 1.807) is 0 Å². The van der Waals surface area contributed by atoms with Crippen LogP contribution in [0.5, 0.6) is 0 Å². The van der Waals surface area contributed by atoms with Gasteiger partial charge in [0.15, 0.2) is 0 Å². The SMILES string of the molecule is CC1=C[C@@H](C)C[C@H]1O. The van der Waals surface area contributed by atoms with Gasteiger partial charge >= 0.3 is 0 Å². The quantitative estimate of drug-likeness (QED) is 0.469. The molecule has 1 aliphatic carbocycles. The summed E-state index contributed by atoms with van der Waals surface area (Å²) in [6, 6.07) is 0. The molecule has 0 aromatic carbocycles. The molecule has 2 atom stereocenters. The van der Waals surface area contributed by atoms with E-state index >= 15 is 0 Å². The van der Waals surface area contributed by atoms with Gasteiger partial charge in [0, 0.05) is 0 Å². The predicted octanol–water partition coefficient (Wildman–Crippen LogP) is 1.33. The van der Waals surface area contributed by atoms with Crippen molar-refractivity contribution in [3.8, 4) is 0 Å². The molecular formula is C7H12O. The van der Waals surface area contributed by atoms with Crippen molar-refractivity contribution in [2.24, 2.45) is 5.92 Å². The zero-order chi connectivity index (χ0) is 6.15. The van der Waals surface area contributed by atoms with E-state index in [0.29, 0.717) is 5.92 Å². The van der Waals surface area contributed by atoms with Crippen molar-refractivity contribution in [3.05, 3.63) is 11.6 Å². The van der Waals surface area contributed by atoms with Gasteiger partial charge < -0.3 is 5.11 Å². The first-order valence-electron chi connectivity index (χ1n) is 3.06. The fourth-order valence-corrected chi connectivity index (χ4v) is 1.17. The molecule has 0 radical (unpaired) electrons. The first-order chi connectivity index (χ1) is 3.70. The molecule has 46 valence electrons. The molecule has 0 heterocycles. The van der Waals surface area contributed by atoms with E-state index < -0.39 is 0 Å². The lowest BCUT2D eigenvalue weighted by Gasteiger charge is -2.00. The normalized spacial score (nSPS) is 37.6. The largest absolute Gasteiger partial charge is 0.389 e. The summed E-state index contributed by atoms with van der Waals surface area (Å²) in [5.74, 6) is 0.588. The monoisotopic (exact) mass is 112 g/mol. The minimum absolute atomic E-state index is 0.148. The second kappa shape index (κ2) is 1.90. The highest BCUT2D eigenvalue weighted by atomic mass is 16.3. The zero-order valence-corrected chi connectivity index (χ0v) is 5.39. The third kappa shape index (κ3) is 0.920. The fraction of sp³-hybridized carbons (Fsp3) is 0.714. The first kappa shape index (κ1) is 5.83. The third-order valence-electron chi connectivity index (χ3n) is 1.67. The molecule has 0 saturated carbocycles. The van der Waals surface area contributed by atoms with Gasteiger partial charge in [-0.05, 0) is 24.8 Å². The topological polar surface area (TPSA) is 20.2 Å². The van der Waals surface area contributed by atoms with Crippen molar-refractivity contribution in [3.63, 3.8) is 0 Å². The second-order valence-electron chi connectivity index (χ2n) is 2.64. The molecule has 0 aromatic rings. The molecule has 0 spiro atoms. The standard InChI is InChI=1S/C7H12O/c1-5-3-6(2)7(8)4-5/h3,5,7-8H,4H2,1-2H3/t5-,7-/m1/s1. The Morgan fingerprint density at radius 3 is 2.50 bits per heavy atom. The van der Waals surface area contributed by atoms with Crippen molar-refractivity contribution in [2.75, 3.05) is 0 Å². The van der Waals surface area contributed by atoms with E-state index in [9.17, 15) is 0 Å². The van der Waals surface area contributed by atoms with Crippen LogP contribution in [0.2, 0.25) is 0 Å². The summed E-state index contributed by atoms with van der Waals surface area (Å²) in [4.78, 5) is 0. The maximum atomic E-state index is 9.10. The average Bonchev–Trinajstić information content (AvgIpc) is 1.85. The van der Waals surface area contributed by atoms with Gasteiger partial charge in [-0.15, -0.1) is 0 Å². The molecule has 1 aliphatic rings. The van der Waals surface area contributed by atoms with Crippen LogP contribution in [-0.4, -0.2) is 11.2 Å². The molecule has 0 unspecified atom stereocenters. The van der Waals surface area contributed by atoms with Gasteiger partial charge in [0.25, 0.3) is 0 Å². The van der Waals surface area contributed by atoms with Crippen LogP contribution in [-0.2, 0) is 0 Å². The maximum absolute atomic E-state index is 9.10. The fourth-order valence-electron chi connectivity index (χ4n) is 1.17. The molecule has 0 fully saturated rings. The first-order valence-corrected chi connectivity index (χ1v) is 3.06. The summed E-state index contributed by atoms with van der Waals surface area (Å²) in [7, 11) is 0. The van der Waals surface area contributed by atoms with E-state index in [1.165, 1.54) is 0 Å². The molecule has 0 aliphatic heterocycles. The zero-order valence-electron chi connectivity index (χ0n) is 5.39. The van der Waals surface area contributed by atoms with Crippen LogP contribution in [0.4, 0.5) is 0 Å². The molecule has 0 aromatic heterocycles. The Kier molecular flexibility index (Phi) is 1.39. The Labute approximate surface area is 50.0 Å². The molecule has 0 bridgehead atoms. The summed E-state index contributed by atoms with van der Waals surface area (Å²) >= 11 is 0. The van der Waals surface area contributed by atoms with Crippen LogP contribution in [0.1, 0.15) is 20.3 Å². The van der Waals surface area contributed by atoms with E-state index in [-0.39, 0.29) is 6.10 Å². The van der Waals surface area contributed by atoms with Gasteiger partial charge in [0.2, 0.25) is 0 Å². The number of aliphatic hydroxyl groups excluding tert-OH is 1. The maximum Gasteiger partial charge on any atom is 0.0753 e. The molecule has 1 nitrogen and oxygen atoms in total. The van der Waals surface area contributed by atoms with Gasteiger partial charge in [0.1, 0.15) is 0 Å². The Hall–Kier alpha value is -0.300. The number of aliphatic hydroxyl groups is 1. The number of hydrogen-bond donors (Lipinski definition) is 1. The number of rotatable bonds is 0. The summed E-state index contributed by atoms with van der Waals surface area (Å²) in [5, 5.41) is 9.10. The van der Waals surface area contributed by atoms with Gasteiger partial charge in [-0.25, -0.2) is 0 Å². The van der Waals surface area contributed by atoms with E-state index in [0.717, 1.165) is 12.0 Å². The summed E-state index contributed by atoms with van der Waals surface area (Å²) in [5.41, 5.74) is 1.14. The van der Waals surface area contributed by atoms with Crippen LogP contribution in [0.3, 0.4) is 0 Å². The summed E-state index contributed by atoms with van der Waals surface area (Å²) in [6.07, 6.45) is 2.90. The van der Waals surface area contributed by atoms with Crippen LogP contribution in [0.15, 0.2) is 11.6 Å². The summed E-state index contributed by atoms with van der Waals surface area (Å²) < 4.78 is 0. The molecule has 0 amide bonds. The Bertz CT molecular complexity index is 116. The van der Waals surface area contributed by atoms with Gasteiger partial charge in [-0.2, -0.15) is 0 Å². The van der Waals surface area contributed by atoms with Crippen LogP contribution in [0.25, 0.3) is 0 Å². The highest BCUT2D eigenvalue weighted by Crippen LogP contribution is 2.22. The van der Waals surface area contributed by atoms with Crippen LogP contribution >= 0.6 is 0 Å². The van der Waals surface area contributed by atoms with E-state index in [1.807, 2.05) is 6.92 Å². The van der Waals surface area contributed by atoms with E-state index in [2.05, 4.69) is 13.0 Å². The van der Waals surface area contributed by atoms with Gasteiger partial charge in [-0.1, -0.05) is 13.0 Å². The molecule has 1 N–H and O–H groups in total. The highest BCUT2D eigenvalue weighted by molar-refractivity contribution is 5.12. The molecule has 1 heteroatoms. The van der Waals surface area contributed by atoms with Gasteiger partial charge in [-0.3, -0.25) is 0 Å². The molecule has 0 saturated heterocycles. The minimum atomic E-state index is -0.148. The third-order valence-corrected chi connectivity index (χ3v) is 1.67. The lowest BCUT2D eigenvalue weighted by molar-refractivity contribution is 0.202. The summed E-state index contributed by atoms with van der Waals surface area (Å²) in [6.45, 7) is 4.11. The van der Waals surface area contributed by atoms with Crippen LogP contribution < -0.4 is 0 Å². The van der Waals surface area contributed by atoms with E-state index in [4.69, 9.17) is 5.11 Å². The Morgan fingerprint density at radius 2 is 2.38 bits per heavy atom. The Balaban J connectivity index is 2.59. The van der Waals surface area contributed by atoms with Crippen molar-refractivity contribution < 1.29 is 5.11 Å². The van der Waals surface area contributed by atoms with Crippen molar-refractivity contribution in [1.82, 2.24) is 0 Å². The smallest absolute Gasteiger partial charge is 0.0753 e. The van der Waals surface area contributed by atoms with Crippen molar-refractivity contribution in [1.29, 1.82) is 0 Å². The number of allylic oxidation sites excluding steroid dienone is 1. The van der Waals surface area contributed by atoms with Crippen molar-refractivity contribution in [2.45, 2.75) is 26.4 Å². The predicted molar refractivity (Wildman–Crippen MR) is 33.5 cm³/mol. The lowest BCUT2D eigenvalue weighted by atomic mass is 10.1. The Morgan fingerprint density at radius 1 is 1.75 bits per heavy atom.